The van der Waals surface area contributed by atoms with Crippen LogP contribution in [0.5, 0.6) is 0 Å². The normalized spacial score (nSPS) is 12.1. The summed E-state index contributed by atoms with van der Waals surface area (Å²) in [6, 6.07) is 0. The van der Waals surface area contributed by atoms with Gasteiger partial charge in [-0.25, -0.2) is 0 Å². The molecular weight excluding hydrogens is 909 g/mol. The maximum atomic E-state index is 12.3. The van der Waals surface area contributed by atoms with E-state index in [0.29, 0.717) is 12.8 Å². The maximum absolute atomic E-state index is 12.3. The predicted octanol–water partition coefficient (Wildman–Crippen LogP) is 23.4. The first-order valence-electron chi connectivity index (χ1n) is 34.2. The van der Waals surface area contributed by atoms with Crippen LogP contribution in [0.3, 0.4) is 0 Å². The lowest BCUT2D eigenvalue weighted by molar-refractivity contribution is -0.161. The number of hydrogen-bond acceptors (Lipinski definition) is 5. The first kappa shape index (κ1) is 72.6. The second-order valence-electron chi connectivity index (χ2n) is 23.6. The summed E-state index contributed by atoms with van der Waals surface area (Å²) in [4.78, 5) is 24.6. The Balaban J connectivity index is 3.37. The van der Waals surface area contributed by atoms with Crippen LogP contribution in [-0.2, 0) is 19.1 Å². The van der Waals surface area contributed by atoms with E-state index in [1.165, 1.54) is 340 Å². The highest BCUT2D eigenvalue weighted by Crippen LogP contribution is 2.19. The molecule has 0 aromatic rings. The van der Waals surface area contributed by atoms with Gasteiger partial charge in [-0.05, 0) is 38.5 Å². The molecule has 0 heterocycles. The van der Waals surface area contributed by atoms with Crippen LogP contribution >= 0.6 is 0 Å². The van der Waals surface area contributed by atoms with Crippen molar-refractivity contribution in [3.63, 3.8) is 0 Å². The summed E-state index contributed by atoms with van der Waals surface area (Å²) in [6.07, 6.45) is 83.9. The Hall–Kier alpha value is -1.36. The lowest BCUT2D eigenvalue weighted by atomic mass is 10.0. The van der Waals surface area contributed by atoms with Gasteiger partial charge < -0.3 is 14.6 Å². The second-order valence-corrected chi connectivity index (χ2v) is 23.6. The smallest absolute Gasteiger partial charge is 0.306 e. The van der Waals surface area contributed by atoms with Gasteiger partial charge in [0.15, 0.2) is 6.10 Å². The fourth-order valence-electron chi connectivity index (χ4n) is 10.9. The zero-order valence-corrected chi connectivity index (χ0v) is 50.7. The first-order chi connectivity index (χ1) is 36.6. The van der Waals surface area contributed by atoms with E-state index in [0.717, 1.165) is 32.1 Å². The minimum atomic E-state index is -0.767. The molecule has 440 valence electrons. The van der Waals surface area contributed by atoms with E-state index in [2.05, 4.69) is 26.0 Å². The topological polar surface area (TPSA) is 72.8 Å². The molecule has 0 aliphatic carbocycles. The van der Waals surface area contributed by atoms with Crippen molar-refractivity contribution in [1.82, 2.24) is 0 Å². The molecule has 0 aliphatic rings. The van der Waals surface area contributed by atoms with Gasteiger partial charge in [-0.3, -0.25) is 9.59 Å². The van der Waals surface area contributed by atoms with Crippen LogP contribution in [-0.4, -0.2) is 36.4 Å². The fourth-order valence-corrected chi connectivity index (χ4v) is 10.9. The molecule has 0 radical (unpaired) electrons. The number of aliphatic hydroxyl groups is 1. The summed E-state index contributed by atoms with van der Waals surface area (Å²) in [5.41, 5.74) is 0. The monoisotopic (exact) mass is 1040 g/mol. The number of unbranched alkanes of at least 4 members (excludes halogenated alkanes) is 55. The van der Waals surface area contributed by atoms with Gasteiger partial charge in [0.1, 0.15) is 6.61 Å². The predicted molar refractivity (Wildman–Crippen MR) is 325 cm³/mol. The molecule has 0 aliphatic heterocycles. The molecule has 0 rings (SSSR count). The van der Waals surface area contributed by atoms with Crippen molar-refractivity contribution in [3.8, 4) is 0 Å². The van der Waals surface area contributed by atoms with Crippen molar-refractivity contribution < 1.29 is 24.2 Å². The minimum absolute atomic E-state index is 0.0573. The second kappa shape index (κ2) is 65.9. The summed E-state index contributed by atoms with van der Waals surface area (Å²) in [7, 11) is 0. The summed E-state index contributed by atoms with van der Waals surface area (Å²) in [6.45, 7) is 4.21. The van der Waals surface area contributed by atoms with Gasteiger partial charge in [0.05, 0.1) is 6.61 Å². The van der Waals surface area contributed by atoms with E-state index in [1.54, 1.807) is 0 Å². The molecule has 74 heavy (non-hydrogen) atoms. The van der Waals surface area contributed by atoms with E-state index in [1.807, 2.05) is 0 Å². The molecule has 5 nitrogen and oxygen atoms in total. The molecule has 0 bridgehead atoms. The molecule has 1 unspecified atom stereocenters. The van der Waals surface area contributed by atoms with Crippen LogP contribution in [0.1, 0.15) is 399 Å². The van der Waals surface area contributed by atoms with Crippen LogP contribution < -0.4 is 0 Å². The van der Waals surface area contributed by atoms with E-state index in [-0.39, 0.29) is 25.2 Å². The number of aliphatic hydroxyl groups excluding tert-OH is 1. The third kappa shape index (κ3) is 63.2. The number of allylic oxidation sites excluding steroid dienone is 2. The number of hydrogen-bond donors (Lipinski definition) is 1. The van der Waals surface area contributed by atoms with E-state index in [4.69, 9.17) is 9.47 Å². The molecule has 0 fully saturated rings. The molecule has 0 aromatic heterocycles. The van der Waals surface area contributed by atoms with Crippen molar-refractivity contribution in [1.29, 1.82) is 0 Å². The Morgan fingerprint density at radius 3 is 0.730 bits per heavy atom. The number of carbonyl (C=O) groups excluding carboxylic acids is 2. The molecule has 0 aromatic carbocycles. The average Bonchev–Trinajstić information content (AvgIpc) is 3.40. The van der Waals surface area contributed by atoms with Crippen LogP contribution in [0.4, 0.5) is 0 Å². The Morgan fingerprint density at radius 2 is 0.500 bits per heavy atom. The molecule has 0 spiro atoms. The number of esters is 2. The van der Waals surface area contributed by atoms with Crippen LogP contribution in [0.15, 0.2) is 12.2 Å². The number of ether oxygens (including phenoxy) is 2. The van der Waals surface area contributed by atoms with Gasteiger partial charge in [-0.15, -0.1) is 0 Å². The largest absolute Gasteiger partial charge is 0.462 e. The quantitative estimate of drug-likeness (QED) is 0.0373. The highest BCUT2D eigenvalue weighted by Gasteiger charge is 2.16. The van der Waals surface area contributed by atoms with Gasteiger partial charge in [-0.2, -0.15) is 0 Å². The zero-order valence-electron chi connectivity index (χ0n) is 50.7. The Bertz CT molecular complexity index is 1090. The highest BCUT2D eigenvalue weighted by molar-refractivity contribution is 5.70. The lowest BCUT2D eigenvalue weighted by Crippen LogP contribution is -2.28. The first-order valence-corrected chi connectivity index (χ1v) is 34.2. The van der Waals surface area contributed by atoms with Crippen molar-refractivity contribution in [2.45, 2.75) is 405 Å². The van der Waals surface area contributed by atoms with Gasteiger partial charge in [0.25, 0.3) is 0 Å². The van der Waals surface area contributed by atoms with Crippen LogP contribution in [0, 0.1) is 0 Å². The lowest BCUT2D eigenvalue weighted by Gasteiger charge is -2.15. The highest BCUT2D eigenvalue weighted by atomic mass is 16.6. The third-order valence-corrected chi connectivity index (χ3v) is 16.1. The molecule has 1 atom stereocenters. The van der Waals surface area contributed by atoms with Crippen molar-refractivity contribution in [2.24, 2.45) is 0 Å². The van der Waals surface area contributed by atoms with Gasteiger partial charge in [-0.1, -0.05) is 360 Å². The minimum Gasteiger partial charge on any atom is -0.462 e. The Morgan fingerprint density at radius 1 is 0.297 bits per heavy atom. The Kier molecular flexibility index (Phi) is 64.7. The molecule has 0 saturated carbocycles. The molecule has 5 heteroatoms. The summed E-state index contributed by atoms with van der Waals surface area (Å²) >= 11 is 0. The maximum Gasteiger partial charge on any atom is 0.306 e. The molecule has 0 saturated heterocycles. The van der Waals surface area contributed by atoms with Crippen molar-refractivity contribution in [3.05, 3.63) is 12.2 Å². The van der Waals surface area contributed by atoms with Crippen LogP contribution in [0.2, 0.25) is 0 Å². The molecular formula is C69H134O5. The summed E-state index contributed by atoms with van der Waals surface area (Å²) < 4.78 is 10.8. The standard InChI is InChI=1S/C69H134O5/c1-3-5-7-9-11-13-15-17-19-21-23-25-27-29-31-32-33-34-35-36-38-39-41-43-45-47-49-51-53-55-57-59-61-63-68(71)73-66-67(65-70)74-69(72)64-62-60-58-56-54-52-50-48-46-44-42-40-37-30-28-26-24-22-20-18-16-14-12-10-8-6-4-2/h22,24,67,70H,3-21,23,25-66H2,1-2H3/b24-22-. The van der Waals surface area contributed by atoms with Crippen molar-refractivity contribution >= 4 is 11.9 Å². The number of carbonyl (C=O) groups is 2. The Labute approximate surface area is 464 Å². The van der Waals surface area contributed by atoms with Gasteiger partial charge >= 0.3 is 11.9 Å². The third-order valence-electron chi connectivity index (χ3n) is 16.1. The van der Waals surface area contributed by atoms with Crippen LogP contribution in [0.25, 0.3) is 0 Å². The zero-order chi connectivity index (χ0) is 53.4. The summed E-state index contributed by atoms with van der Waals surface area (Å²) in [5.74, 6) is -0.563. The van der Waals surface area contributed by atoms with Gasteiger partial charge in [0, 0.05) is 12.8 Å². The van der Waals surface area contributed by atoms with Crippen molar-refractivity contribution in [2.75, 3.05) is 13.2 Å². The van der Waals surface area contributed by atoms with E-state index < -0.39 is 6.10 Å². The van der Waals surface area contributed by atoms with E-state index >= 15 is 0 Å². The average molecular weight is 1040 g/mol. The summed E-state index contributed by atoms with van der Waals surface area (Å²) in [5, 5.41) is 9.69. The van der Waals surface area contributed by atoms with Gasteiger partial charge in [0.2, 0.25) is 0 Å². The fraction of sp³-hybridized carbons (Fsp3) is 0.942. The van der Waals surface area contributed by atoms with E-state index in [9.17, 15) is 14.7 Å². The number of rotatable bonds is 65. The molecule has 1 N–H and O–H groups in total. The molecule has 0 amide bonds. The SMILES string of the molecule is CCCCCCCCCC/C=C\CCCCCCCCCCCCCCCCCC(=O)OC(CO)COC(=O)CCCCCCCCCCCCCCCCCCCCCCCCCCCCCCCCCCC.